The summed E-state index contributed by atoms with van der Waals surface area (Å²) in [4.78, 5) is 37.9. The normalized spacial score (nSPS) is 14.9. The molecule has 1 fully saturated rings. The third-order valence-electron chi connectivity index (χ3n) is 3.96. The lowest BCUT2D eigenvalue weighted by molar-refractivity contribution is -0.139. The van der Waals surface area contributed by atoms with E-state index >= 15 is 0 Å². The van der Waals surface area contributed by atoms with Crippen LogP contribution in [0.2, 0.25) is 0 Å². The zero-order valence-corrected chi connectivity index (χ0v) is 13.7. The van der Waals surface area contributed by atoms with Crippen LogP contribution in [0.5, 0.6) is 5.75 Å². The van der Waals surface area contributed by atoms with E-state index in [1.807, 2.05) is 0 Å². The molecule has 2 amide bonds. The van der Waals surface area contributed by atoms with Gasteiger partial charge in [-0.05, 0) is 37.1 Å². The number of benzene rings is 1. The fourth-order valence-electron chi connectivity index (χ4n) is 2.53. The standard InChI is InChI=1S/C17H22N2O5/c1-18(13-6-8-14(9-7-13)24-12-17(22)23)16(21)11-19-10-4-2-3-5-15(19)20/h6-9H,2-5,10-12H2,1H3,(H,22,23). The molecular weight excluding hydrogens is 312 g/mol. The second-order valence-corrected chi connectivity index (χ2v) is 5.76. The van der Waals surface area contributed by atoms with Gasteiger partial charge in [0, 0.05) is 25.7 Å². The van der Waals surface area contributed by atoms with Crippen LogP contribution in [0.1, 0.15) is 25.7 Å². The number of amides is 2. The molecule has 0 aromatic heterocycles. The molecule has 0 saturated carbocycles. The van der Waals surface area contributed by atoms with Gasteiger partial charge in [-0.25, -0.2) is 4.79 Å². The molecule has 0 unspecified atom stereocenters. The van der Waals surface area contributed by atoms with Gasteiger partial charge in [0.2, 0.25) is 11.8 Å². The van der Waals surface area contributed by atoms with Crippen LogP contribution < -0.4 is 9.64 Å². The van der Waals surface area contributed by atoms with Gasteiger partial charge in [-0.2, -0.15) is 0 Å². The number of likely N-dealkylation sites (N-methyl/N-ethyl adjacent to an activating group) is 1. The van der Waals surface area contributed by atoms with Crippen LogP contribution in [-0.2, 0) is 14.4 Å². The monoisotopic (exact) mass is 334 g/mol. The van der Waals surface area contributed by atoms with Crippen molar-refractivity contribution in [2.45, 2.75) is 25.7 Å². The van der Waals surface area contributed by atoms with Crippen molar-refractivity contribution in [2.75, 3.05) is 31.6 Å². The van der Waals surface area contributed by atoms with Crippen molar-refractivity contribution in [3.05, 3.63) is 24.3 Å². The number of aliphatic carboxylic acids is 1. The van der Waals surface area contributed by atoms with Gasteiger partial charge in [-0.15, -0.1) is 0 Å². The van der Waals surface area contributed by atoms with Crippen LogP contribution in [0.25, 0.3) is 0 Å². The Balaban J connectivity index is 1.94. The average Bonchev–Trinajstić information content (AvgIpc) is 2.77. The number of hydrogen-bond acceptors (Lipinski definition) is 4. The smallest absolute Gasteiger partial charge is 0.341 e. The van der Waals surface area contributed by atoms with E-state index in [1.54, 1.807) is 36.2 Å². The van der Waals surface area contributed by atoms with Gasteiger partial charge in [0.25, 0.3) is 0 Å². The molecule has 1 aromatic rings. The van der Waals surface area contributed by atoms with Gasteiger partial charge in [0.15, 0.2) is 6.61 Å². The molecule has 130 valence electrons. The zero-order chi connectivity index (χ0) is 17.5. The van der Waals surface area contributed by atoms with Gasteiger partial charge in [-0.3, -0.25) is 9.59 Å². The molecule has 1 aliphatic heterocycles. The Kier molecular flexibility index (Phi) is 6.17. The largest absolute Gasteiger partial charge is 0.482 e. The van der Waals surface area contributed by atoms with Crippen LogP contribution in [0, 0.1) is 0 Å². The van der Waals surface area contributed by atoms with Gasteiger partial charge in [-0.1, -0.05) is 6.42 Å². The minimum absolute atomic E-state index is 0.0340. The molecule has 0 atom stereocenters. The lowest BCUT2D eigenvalue weighted by Crippen LogP contribution is -2.41. The maximum Gasteiger partial charge on any atom is 0.341 e. The summed E-state index contributed by atoms with van der Waals surface area (Å²) in [5.74, 6) is -0.755. The van der Waals surface area contributed by atoms with E-state index in [2.05, 4.69) is 0 Å². The van der Waals surface area contributed by atoms with E-state index in [0.29, 0.717) is 24.4 Å². The summed E-state index contributed by atoms with van der Waals surface area (Å²) in [7, 11) is 1.65. The van der Waals surface area contributed by atoms with Crippen LogP contribution >= 0.6 is 0 Å². The fourth-order valence-corrected chi connectivity index (χ4v) is 2.53. The van der Waals surface area contributed by atoms with Gasteiger partial charge < -0.3 is 19.6 Å². The summed E-state index contributed by atoms with van der Waals surface area (Å²) in [5, 5.41) is 8.58. The Morgan fingerprint density at radius 1 is 1.21 bits per heavy atom. The molecule has 1 heterocycles. The number of carboxylic acid groups (broad SMARTS) is 1. The molecule has 7 nitrogen and oxygen atoms in total. The molecule has 1 aliphatic rings. The lowest BCUT2D eigenvalue weighted by atomic mass is 10.2. The molecule has 1 saturated heterocycles. The second-order valence-electron chi connectivity index (χ2n) is 5.76. The molecule has 7 heteroatoms. The lowest BCUT2D eigenvalue weighted by Gasteiger charge is -2.24. The molecule has 2 rings (SSSR count). The van der Waals surface area contributed by atoms with Crippen molar-refractivity contribution in [3.8, 4) is 5.75 Å². The van der Waals surface area contributed by atoms with Crippen LogP contribution in [0.15, 0.2) is 24.3 Å². The number of carbonyl (C=O) groups is 3. The molecule has 0 radical (unpaired) electrons. The summed E-state index contributed by atoms with van der Waals surface area (Å²) in [6.07, 6.45) is 3.34. The van der Waals surface area contributed by atoms with Crippen molar-refractivity contribution >= 4 is 23.5 Å². The molecule has 24 heavy (non-hydrogen) atoms. The third kappa shape index (κ3) is 4.97. The first-order valence-electron chi connectivity index (χ1n) is 7.96. The number of hydrogen-bond donors (Lipinski definition) is 1. The van der Waals surface area contributed by atoms with E-state index in [4.69, 9.17) is 9.84 Å². The first kappa shape index (κ1) is 17.8. The number of anilines is 1. The highest BCUT2D eigenvalue weighted by atomic mass is 16.5. The highest BCUT2D eigenvalue weighted by Gasteiger charge is 2.21. The van der Waals surface area contributed by atoms with Crippen LogP contribution in [0.4, 0.5) is 5.69 Å². The summed E-state index contributed by atoms with van der Waals surface area (Å²) in [6.45, 7) is 0.290. The summed E-state index contributed by atoms with van der Waals surface area (Å²) in [5.41, 5.74) is 0.657. The second kappa shape index (κ2) is 8.33. The predicted octanol–water partition coefficient (Wildman–Crippen LogP) is 1.52. The molecule has 0 spiro atoms. The van der Waals surface area contributed by atoms with Crippen LogP contribution in [0.3, 0.4) is 0 Å². The maximum atomic E-state index is 12.4. The Morgan fingerprint density at radius 3 is 2.58 bits per heavy atom. The quantitative estimate of drug-likeness (QED) is 0.852. The first-order chi connectivity index (χ1) is 11.5. The van der Waals surface area contributed by atoms with Crippen LogP contribution in [-0.4, -0.2) is 54.5 Å². The fraction of sp³-hybridized carbons (Fsp3) is 0.471. The van der Waals surface area contributed by atoms with Crippen molar-refractivity contribution < 1.29 is 24.2 Å². The van der Waals surface area contributed by atoms with Crippen molar-refractivity contribution in [1.82, 2.24) is 4.90 Å². The highest BCUT2D eigenvalue weighted by molar-refractivity contribution is 5.96. The molecule has 0 bridgehead atoms. The Bertz CT molecular complexity index is 600. The van der Waals surface area contributed by atoms with E-state index in [-0.39, 0.29) is 18.4 Å². The first-order valence-corrected chi connectivity index (χ1v) is 7.96. The number of likely N-dealkylation sites (tertiary alicyclic amines) is 1. The van der Waals surface area contributed by atoms with Gasteiger partial charge >= 0.3 is 5.97 Å². The Hall–Kier alpha value is -2.57. The predicted molar refractivity (Wildman–Crippen MR) is 88.0 cm³/mol. The summed E-state index contributed by atoms with van der Waals surface area (Å²) < 4.78 is 5.06. The number of nitrogens with zero attached hydrogens (tertiary/aromatic N) is 2. The van der Waals surface area contributed by atoms with E-state index in [9.17, 15) is 14.4 Å². The summed E-state index contributed by atoms with van der Waals surface area (Å²) in [6, 6.07) is 6.58. The maximum absolute atomic E-state index is 12.4. The third-order valence-corrected chi connectivity index (χ3v) is 3.96. The topological polar surface area (TPSA) is 87.2 Å². The number of carboxylic acids is 1. The number of ether oxygens (including phenoxy) is 1. The summed E-state index contributed by atoms with van der Waals surface area (Å²) >= 11 is 0. The number of carbonyl (C=O) groups excluding carboxylic acids is 2. The van der Waals surface area contributed by atoms with Gasteiger partial charge in [0.1, 0.15) is 12.3 Å². The average molecular weight is 334 g/mol. The number of rotatable bonds is 6. The van der Waals surface area contributed by atoms with Crippen molar-refractivity contribution in [1.29, 1.82) is 0 Å². The van der Waals surface area contributed by atoms with E-state index in [1.165, 1.54) is 4.90 Å². The SMILES string of the molecule is CN(C(=O)CN1CCCCCC1=O)c1ccc(OCC(=O)O)cc1. The Labute approximate surface area is 140 Å². The van der Waals surface area contributed by atoms with Crippen molar-refractivity contribution in [3.63, 3.8) is 0 Å². The van der Waals surface area contributed by atoms with Crippen molar-refractivity contribution in [2.24, 2.45) is 0 Å². The van der Waals surface area contributed by atoms with E-state index < -0.39 is 12.6 Å². The Morgan fingerprint density at radius 2 is 1.92 bits per heavy atom. The zero-order valence-electron chi connectivity index (χ0n) is 13.7. The molecule has 1 N–H and O–H groups in total. The molecule has 0 aliphatic carbocycles. The molecular formula is C17H22N2O5. The minimum Gasteiger partial charge on any atom is -0.482 e. The van der Waals surface area contributed by atoms with E-state index in [0.717, 1.165) is 19.3 Å². The highest BCUT2D eigenvalue weighted by Crippen LogP contribution is 2.19. The molecule has 1 aromatic carbocycles. The van der Waals surface area contributed by atoms with Gasteiger partial charge in [0.05, 0.1) is 0 Å². The minimum atomic E-state index is -1.05.